The smallest absolute Gasteiger partial charge is 0.154 e. The molecule has 2 heterocycles. The van der Waals surface area contributed by atoms with E-state index in [-0.39, 0.29) is 0 Å². The molecule has 0 aliphatic heterocycles. The predicted octanol–water partition coefficient (Wildman–Crippen LogP) is 5.19. The summed E-state index contributed by atoms with van der Waals surface area (Å²) in [4.78, 5) is 0. The van der Waals surface area contributed by atoms with Crippen LogP contribution < -0.4 is 14.8 Å². The van der Waals surface area contributed by atoms with Crippen molar-refractivity contribution in [1.29, 1.82) is 5.26 Å². The first-order valence-electron chi connectivity index (χ1n) is 9.91. The van der Waals surface area contributed by atoms with Crippen molar-refractivity contribution in [1.82, 2.24) is 9.61 Å². The highest BCUT2D eigenvalue weighted by atomic mass is 16.5. The summed E-state index contributed by atoms with van der Waals surface area (Å²) in [7, 11) is 1.54. The topological polar surface area (TPSA) is 91.8 Å². The lowest BCUT2D eigenvalue weighted by molar-refractivity contribution is 0.170. The predicted molar refractivity (Wildman–Crippen MR) is 118 cm³/mol. The molecule has 1 unspecified atom stereocenters. The lowest BCUT2D eigenvalue weighted by Gasteiger charge is -2.13. The number of hydrogen-bond acceptors (Lipinski definition) is 6. The highest BCUT2D eigenvalue weighted by Crippen LogP contribution is 2.39. The van der Waals surface area contributed by atoms with E-state index in [0.29, 0.717) is 40.3 Å². The van der Waals surface area contributed by atoms with E-state index in [2.05, 4.69) is 16.5 Å². The number of anilines is 2. The van der Waals surface area contributed by atoms with Gasteiger partial charge < -0.3 is 19.9 Å². The van der Waals surface area contributed by atoms with Gasteiger partial charge >= 0.3 is 0 Å². The third kappa shape index (κ3) is 4.02. The van der Waals surface area contributed by atoms with E-state index >= 15 is 0 Å². The summed E-state index contributed by atoms with van der Waals surface area (Å²) in [6.07, 6.45) is 3.06. The zero-order chi connectivity index (χ0) is 21.8. The number of fused-ring (bicyclic) bond motifs is 1. The van der Waals surface area contributed by atoms with Crippen LogP contribution >= 0.6 is 0 Å². The van der Waals surface area contributed by atoms with Crippen LogP contribution in [0.2, 0.25) is 0 Å². The van der Waals surface area contributed by atoms with Crippen LogP contribution in [0.4, 0.5) is 11.4 Å². The highest BCUT2D eigenvalue weighted by molar-refractivity contribution is 5.87. The molecule has 31 heavy (non-hydrogen) atoms. The van der Waals surface area contributed by atoms with E-state index in [1.807, 2.05) is 61.5 Å². The fraction of sp³-hybridized carbons (Fsp3) is 0.167. The summed E-state index contributed by atoms with van der Waals surface area (Å²) < 4.78 is 13.0. The third-order valence-corrected chi connectivity index (χ3v) is 4.96. The second kappa shape index (κ2) is 8.78. The molecule has 4 rings (SSSR count). The minimum absolute atomic E-state index is 0.367. The highest BCUT2D eigenvalue weighted by Gasteiger charge is 2.22. The summed E-state index contributed by atoms with van der Waals surface area (Å²) in [5.41, 5.74) is 2.91. The fourth-order valence-electron chi connectivity index (χ4n) is 3.39. The number of methoxy groups -OCH3 is 1. The van der Waals surface area contributed by atoms with E-state index in [9.17, 15) is 10.4 Å². The Hall–Kier alpha value is -4.02. The maximum absolute atomic E-state index is 10.4. The van der Waals surface area contributed by atoms with E-state index in [0.717, 1.165) is 11.4 Å². The number of ether oxygens (including phenoxy) is 2. The quantitative estimate of drug-likeness (QED) is 0.432. The van der Waals surface area contributed by atoms with Crippen molar-refractivity contribution in [3.63, 3.8) is 0 Å². The van der Waals surface area contributed by atoms with Crippen molar-refractivity contribution >= 4 is 16.9 Å². The first-order chi connectivity index (χ1) is 15.1. The van der Waals surface area contributed by atoms with Gasteiger partial charge in [0.05, 0.1) is 30.7 Å². The molecule has 0 aliphatic rings. The molecule has 2 aromatic heterocycles. The SMILES string of the molecule is CCC(O)c1cn2ncc(C#N)c(Nc3ccc(Oc4ccccc4)cc3)c2c1OC. The van der Waals surface area contributed by atoms with Gasteiger partial charge in [-0.2, -0.15) is 10.4 Å². The van der Waals surface area contributed by atoms with E-state index < -0.39 is 6.10 Å². The number of nitrogens with one attached hydrogen (secondary N) is 1. The Morgan fingerprint density at radius 1 is 1.13 bits per heavy atom. The number of nitriles is 1. The molecule has 7 nitrogen and oxygen atoms in total. The van der Waals surface area contributed by atoms with Gasteiger partial charge in [-0.25, -0.2) is 4.52 Å². The monoisotopic (exact) mass is 414 g/mol. The molecule has 0 amide bonds. The van der Waals surface area contributed by atoms with Gasteiger partial charge in [-0.05, 0) is 42.8 Å². The van der Waals surface area contributed by atoms with Crippen molar-refractivity contribution in [2.24, 2.45) is 0 Å². The van der Waals surface area contributed by atoms with Crippen LogP contribution in [-0.4, -0.2) is 21.8 Å². The molecule has 0 spiro atoms. The zero-order valence-electron chi connectivity index (χ0n) is 17.2. The Kier molecular flexibility index (Phi) is 5.74. The van der Waals surface area contributed by atoms with E-state index in [1.165, 1.54) is 6.20 Å². The molecule has 0 radical (unpaired) electrons. The van der Waals surface area contributed by atoms with Crippen molar-refractivity contribution in [3.05, 3.63) is 78.1 Å². The van der Waals surface area contributed by atoms with E-state index in [4.69, 9.17) is 9.47 Å². The zero-order valence-corrected chi connectivity index (χ0v) is 17.2. The lowest BCUT2D eigenvalue weighted by Crippen LogP contribution is -2.01. The normalized spacial score (nSPS) is 11.7. The first kappa shape index (κ1) is 20.3. The summed E-state index contributed by atoms with van der Waals surface area (Å²) >= 11 is 0. The minimum atomic E-state index is -0.690. The Balaban J connectivity index is 1.70. The molecule has 2 aromatic carbocycles. The van der Waals surface area contributed by atoms with Crippen LogP contribution in [0.15, 0.2) is 67.0 Å². The maximum atomic E-state index is 10.4. The van der Waals surface area contributed by atoms with Crippen molar-refractivity contribution in [2.45, 2.75) is 19.4 Å². The van der Waals surface area contributed by atoms with Crippen LogP contribution in [0.5, 0.6) is 17.2 Å². The molecular weight excluding hydrogens is 392 g/mol. The molecule has 0 fully saturated rings. The molecule has 0 bridgehead atoms. The van der Waals surface area contributed by atoms with Gasteiger partial charge in [0.25, 0.3) is 0 Å². The molecule has 0 aliphatic carbocycles. The maximum Gasteiger partial charge on any atom is 0.154 e. The number of aliphatic hydroxyl groups excluding tert-OH is 1. The first-order valence-corrected chi connectivity index (χ1v) is 9.91. The molecule has 1 atom stereocenters. The van der Waals surface area contributed by atoms with Crippen molar-refractivity contribution < 1.29 is 14.6 Å². The molecule has 0 saturated carbocycles. The van der Waals surface area contributed by atoms with E-state index in [1.54, 1.807) is 17.8 Å². The molecular formula is C24H22N4O3. The number of rotatable bonds is 7. The average Bonchev–Trinajstić information content (AvgIpc) is 3.20. The van der Waals surface area contributed by atoms with Crippen LogP contribution in [0.25, 0.3) is 5.52 Å². The largest absolute Gasteiger partial charge is 0.494 e. The van der Waals surface area contributed by atoms with Gasteiger partial charge in [0.15, 0.2) is 5.75 Å². The van der Waals surface area contributed by atoms with Crippen LogP contribution in [0.3, 0.4) is 0 Å². The Morgan fingerprint density at radius 2 is 1.84 bits per heavy atom. The number of aliphatic hydroxyl groups is 1. The van der Waals surface area contributed by atoms with Gasteiger partial charge in [-0.1, -0.05) is 25.1 Å². The van der Waals surface area contributed by atoms with Gasteiger partial charge in [0.1, 0.15) is 23.1 Å². The van der Waals surface area contributed by atoms with Crippen molar-refractivity contribution in [2.75, 3.05) is 12.4 Å². The number of aromatic nitrogens is 2. The second-order valence-electron chi connectivity index (χ2n) is 6.94. The van der Waals surface area contributed by atoms with Gasteiger partial charge in [-0.3, -0.25) is 0 Å². The van der Waals surface area contributed by atoms with Crippen molar-refractivity contribution in [3.8, 4) is 23.3 Å². The Bertz CT molecular complexity index is 1230. The molecule has 0 saturated heterocycles. The molecule has 156 valence electrons. The third-order valence-electron chi connectivity index (χ3n) is 4.96. The Labute approximate surface area is 180 Å². The average molecular weight is 414 g/mol. The van der Waals surface area contributed by atoms with Crippen LogP contribution in [0, 0.1) is 11.3 Å². The van der Waals surface area contributed by atoms with Gasteiger partial charge in [0, 0.05) is 17.4 Å². The van der Waals surface area contributed by atoms with Crippen LogP contribution in [0.1, 0.15) is 30.6 Å². The number of para-hydroxylation sites is 1. The van der Waals surface area contributed by atoms with Gasteiger partial charge in [-0.15, -0.1) is 0 Å². The molecule has 4 aromatic rings. The number of benzene rings is 2. The summed E-state index contributed by atoms with van der Waals surface area (Å²) in [6, 6.07) is 19.2. The minimum Gasteiger partial charge on any atom is -0.494 e. The van der Waals surface area contributed by atoms with Crippen LogP contribution in [-0.2, 0) is 0 Å². The summed E-state index contributed by atoms with van der Waals surface area (Å²) in [5, 5.41) is 27.6. The number of hydrogen-bond donors (Lipinski definition) is 2. The fourth-order valence-corrected chi connectivity index (χ4v) is 3.39. The number of nitrogens with zero attached hydrogens (tertiary/aromatic N) is 3. The summed E-state index contributed by atoms with van der Waals surface area (Å²) in [5.74, 6) is 1.95. The summed E-state index contributed by atoms with van der Waals surface area (Å²) in [6.45, 7) is 1.89. The second-order valence-corrected chi connectivity index (χ2v) is 6.94. The molecule has 2 N–H and O–H groups in total. The standard InChI is InChI=1S/C24H22N4O3/c1-3-21(29)20-15-28-23(24(20)30-2)22(16(13-25)14-26-28)27-17-9-11-19(12-10-17)31-18-7-5-4-6-8-18/h4-12,14-15,21,27,29H,3H2,1-2H3. The molecule has 7 heteroatoms. The lowest BCUT2D eigenvalue weighted by atomic mass is 10.1. The Morgan fingerprint density at radius 3 is 2.48 bits per heavy atom. The van der Waals surface area contributed by atoms with Gasteiger partial charge in [0.2, 0.25) is 0 Å².